The maximum absolute atomic E-state index is 11.9. The Kier molecular flexibility index (Phi) is 8.18. The first-order chi connectivity index (χ1) is 10.9. The van der Waals surface area contributed by atoms with E-state index in [-0.39, 0.29) is 24.8 Å². The van der Waals surface area contributed by atoms with Crippen molar-refractivity contribution >= 4 is 29.5 Å². The van der Waals surface area contributed by atoms with E-state index in [2.05, 4.69) is 10.6 Å². The molecule has 23 heavy (non-hydrogen) atoms. The van der Waals surface area contributed by atoms with E-state index in [4.69, 9.17) is 5.11 Å². The van der Waals surface area contributed by atoms with Gasteiger partial charge < -0.3 is 15.7 Å². The van der Waals surface area contributed by atoms with Gasteiger partial charge in [0.25, 0.3) is 5.91 Å². The first-order valence-electron chi connectivity index (χ1n) is 7.30. The molecule has 0 spiro atoms. The SMILES string of the molecule is CSCCC(NC(=O)CCNC(=O)c1ccc(C)cc1)C(=O)O. The Morgan fingerprint density at radius 2 is 1.87 bits per heavy atom. The van der Waals surface area contributed by atoms with Crippen LogP contribution in [-0.4, -0.2) is 47.5 Å². The average molecular weight is 338 g/mol. The molecule has 1 atom stereocenters. The van der Waals surface area contributed by atoms with Crippen LogP contribution in [0.1, 0.15) is 28.8 Å². The normalized spacial score (nSPS) is 11.6. The van der Waals surface area contributed by atoms with Crippen molar-refractivity contribution in [3.8, 4) is 0 Å². The number of benzene rings is 1. The van der Waals surface area contributed by atoms with E-state index in [1.165, 1.54) is 11.8 Å². The molecule has 0 fully saturated rings. The van der Waals surface area contributed by atoms with Crippen LogP contribution in [0.2, 0.25) is 0 Å². The largest absolute Gasteiger partial charge is 0.480 e. The lowest BCUT2D eigenvalue weighted by molar-refractivity contribution is -0.141. The summed E-state index contributed by atoms with van der Waals surface area (Å²) in [7, 11) is 0. The van der Waals surface area contributed by atoms with Crippen molar-refractivity contribution in [1.29, 1.82) is 0 Å². The van der Waals surface area contributed by atoms with Crippen molar-refractivity contribution in [2.75, 3.05) is 18.6 Å². The lowest BCUT2D eigenvalue weighted by Gasteiger charge is -2.14. The van der Waals surface area contributed by atoms with Gasteiger partial charge in [-0.2, -0.15) is 11.8 Å². The minimum Gasteiger partial charge on any atom is -0.480 e. The molecular formula is C16H22N2O4S. The number of carboxylic acid groups (broad SMARTS) is 1. The lowest BCUT2D eigenvalue weighted by atomic mass is 10.1. The van der Waals surface area contributed by atoms with Gasteiger partial charge in [-0.3, -0.25) is 9.59 Å². The molecule has 126 valence electrons. The number of carbonyl (C=O) groups excluding carboxylic acids is 2. The highest BCUT2D eigenvalue weighted by atomic mass is 32.2. The van der Waals surface area contributed by atoms with E-state index in [1.54, 1.807) is 12.1 Å². The van der Waals surface area contributed by atoms with Gasteiger partial charge in [-0.05, 0) is 37.5 Å². The van der Waals surface area contributed by atoms with Crippen LogP contribution in [0.15, 0.2) is 24.3 Å². The quantitative estimate of drug-likeness (QED) is 0.633. The second-order valence-corrected chi connectivity index (χ2v) is 6.10. The van der Waals surface area contributed by atoms with Crippen molar-refractivity contribution in [1.82, 2.24) is 10.6 Å². The van der Waals surface area contributed by atoms with Crippen LogP contribution in [0, 0.1) is 6.92 Å². The molecule has 1 unspecified atom stereocenters. The van der Waals surface area contributed by atoms with Crippen molar-refractivity contribution in [3.05, 3.63) is 35.4 Å². The Bertz CT molecular complexity index is 546. The molecule has 0 aliphatic rings. The third kappa shape index (κ3) is 7.19. The summed E-state index contributed by atoms with van der Waals surface area (Å²) in [6.07, 6.45) is 2.29. The van der Waals surface area contributed by atoms with Gasteiger partial charge in [0.15, 0.2) is 0 Å². The number of aliphatic carboxylic acids is 1. The van der Waals surface area contributed by atoms with E-state index >= 15 is 0 Å². The highest BCUT2D eigenvalue weighted by molar-refractivity contribution is 7.98. The van der Waals surface area contributed by atoms with Crippen LogP contribution in [0.4, 0.5) is 0 Å². The third-order valence-corrected chi connectivity index (χ3v) is 3.84. The molecule has 0 radical (unpaired) electrons. The first-order valence-corrected chi connectivity index (χ1v) is 8.69. The number of thioether (sulfide) groups is 1. The maximum atomic E-state index is 11.9. The van der Waals surface area contributed by atoms with Gasteiger partial charge in [0.05, 0.1) is 0 Å². The van der Waals surface area contributed by atoms with Crippen molar-refractivity contribution in [3.63, 3.8) is 0 Å². The summed E-state index contributed by atoms with van der Waals surface area (Å²) in [6, 6.07) is 6.22. The number of hydrogen-bond acceptors (Lipinski definition) is 4. The predicted molar refractivity (Wildman–Crippen MR) is 90.7 cm³/mol. The molecule has 1 aromatic carbocycles. The molecular weight excluding hydrogens is 316 g/mol. The molecule has 0 aromatic heterocycles. The molecule has 2 amide bonds. The molecule has 1 rings (SSSR count). The number of rotatable bonds is 9. The van der Waals surface area contributed by atoms with Gasteiger partial charge in [0.1, 0.15) is 6.04 Å². The summed E-state index contributed by atoms with van der Waals surface area (Å²) < 4.78 is 0. The van der Waals surface area contributed by atoms with E-state index < -0.39 is 12.0 Å². The summed E-state index contributed by atoms with van der Waals surface area (Å²) in [5.41, 5.74) is 1.59. The molecule has 7 heteroatoms. The Morgan fingerprint density at radius 3 is 2.43 bits per heavy atom. The molecule has 0 heterocycles. The second-order valence-electron chi connectivity index (χ2n) is 5.11. The van der Waals surface area contributed by atoms with Crippen LogP contribution in [0.25, 0.3) is 0 Å². The Balaban J connectivity index is 2.36. The van der Waals surface area contributed by atoms with Gasteiger partial charge in [-0.25, -0.2) is 4.79 Å². The highest BCUT2D eigenvalue weighted by Gasteiger charge is 2.19. The number of hydrogen-bond donors (Lipinski definition) is 3. The minimum absolute atomic E-state index is 0.0423. The first kappa shape index (κ1) is 19.0. The fourth-order valence-electron chi connectivity index (χ4n) is 1.86. The van der Waals surface area contributed by atoms with E-state index in [0.29, 0.717) is 17.7 Å². The fraction of sp³-hybridized carbons (Fsp3) is 0.438. The average Bonchev–Trinajstić information content (AvgIpc) is 2.51. The predicted octanol–water partition coefficient (Wildman–Crippen LogP) is 1.44. The lowest BCUT2D eigenvalue weighted by Crippen LogP contribution is -2.42. The highest BCUT2D eigenvalue weighted by Crippen LogP contribution is 2.03. The monoisotopic (exact) mass is 338 g/mol. The molecule has 6 nitrogen and oxygen atoms in total. The third-order valence-electron chi connectivity index (χ3n) is 3.20. The van der Waals surface area contributed by atoms with Crippen molar-refractivity contribution in [2.45, 2.75) is 25.8 Å². The van der Waals surface area contributed by atoms with Gasteiger partial charge in [-0.15, -0.1) is 0 Å². The van der Waals surface area contributed by atoms with Gasteiger partial charge in [-0.1, -0.05) is 17.7 Å². The molecule has 0 aliphatic carbocycles. The fourth-order valence-corrected chi connectivity index (χ4v) is 2.33. The molecule has 0 saturated heterocycles. The molecule has 3 N–H and O–H groups in total. The van der Waals surface area contributed by atoms with Gasteiger partial charge in [0, 0.05) is 18.5 Å². The molecule has 0 saturated carbocycles. The zero-order chi connectivity index (χ0) is 17.2. The Morgan fingerprint density at radius 1 is 1.22 bits per heavy atom. The Hall–Kier alpha value is -2.02. The van der Waals surface area contributed by atoms with Crippen LogP contribution in [-0.2, 0) is 9.59 Å². The number of carbonyl (C=O) groups is 3. The topological polar surface area (TPSA) is 95.5 Å². The zero-order valence-electron chi connectivity index (χ0n) is 13.3. The second kappa shape index (κ2) is 9.89. The smallest absolute Gasteiger partial charge is 0.326 e. The molecule has 0 aliphatic heterocycles. The number of carboxylic acids is 1. The van der Waals surface area contributed by atoms with E-state index in [9.17, 15) is 14.4 Å². The summed E-state index contributed by atoms with van der Waals surface area (Å²) >= 11 is 1.52. The molecule has 1 aromatic rings. The minimum atomic E-state index is -1.05. The van der Waals surface area contributed by atoms with E-state index in [0.717, 1.165) is 5.56 Å². The summed E-state index contributed by atoms with van der Waals surface area (Å²) in [6.45, 7) is 2.09. The number of nitrogens with one attached hydrogen (secondary N) is 2. The van der Waals surface area contributed by atoms with Crippen molar-refractivity contribution in [2.24, 2.45) is 0 Å². The standard InChI is InChI=1S/C16H22N2O4S/c1-11-3-5-12(6-4-11)15(20)17-9-7-14(19)18-13(16(21)22)8-10-23-2/h3-6,13H,7-10H2,1-2H3,(H,17,20)(H,18,19)(H,21,22). The zero-order valence-corrected chi connectivity index (χ0v) is 14.1. The van der Waals surface area contributed by atoms with Crippen LogP contribution >= 0.6 is 11.8 Å². The molecule has 0 bridgehead atoms. The number of aryl methyl sites for hydroxylation is 1. The summed E-state index contributed by atoms with van der Waals surface area (Å²) in [4.78, 5) is 34.7. The van der Waals surface area contributed by atoms with Crippen molar-refractivity contribution < 1.29 is 19.5 Å². The summed E-state index contributed by atoms with van der Waals surface area (Å²) in [5, 5.41) is 14.2. The van der Waals surface area contributed by atoms with Gasteiger partial charge in [0.2, 0.25) is 5.91 Å². The van der Waals surface area contributed by atoms with E-state index in [1.807, 2.05) is 25.3 Å². The van der Waals surface area contributed by atoms with Crippen LogP contribution in [0.5, 0.6) is 0 Å². The van der Waals surface area contributed by atoms with Crippen LogP contribution < -0.4 is 10.6 Å². The van der Waals surface area contributed by atoms with Gasteiger partial charge >= 0.3 is 5.97 Å². The number of amides is 2. The summed E-state index contributed by atoms with van der Waals surface area (Å²) in [5.74, 6) is -1.03. The Labute approximate surface area is 140 Å². The maximum Gasteiger partial charge on any atom is 0.326 e. The van der Waals surface area contributed by atoms with Crippen LogP contribution in [0.3, 0.4) is 0 Å².